The van der Waals surface area contributed by atoms with Crippen molar-refractivity contribution >= 4 is 11.8 Å². The summed E-state index contributed by atoms with van der Waals surface area (Å²) in [5.74, 6) is -0.319. The number of hydrogen-bond donors (Lipinski definition) is 1. The summed E-state index contributed by atoms with van der Waals surface area (Å²) >= 11 is 0. The molecular formula is C13H23NO3. The second-order valence-corrected chi connectivity index (χ2v) is 5.93. The van der Waals surface area contributed by atoms with Crippen molar-refractivity contribution in [1.29, 1.82) is 0 Å². The lowest BCUT2D eigenvalue weighted by molar-refractivity contribution is -0.161. The van der Waals surface area contributed by atoms with Gasteiger partial charge >= 0.3 is 5.97 Å². The van der Waals surface area contributed by atoms with Crippen LogP contribution in [0.5, 0.6) is 0 Å². The average molecular weight is 241 g/mol. The molecule has 98 valence electrons. The molecule has 17 heavy (non-hydrogen) atoms. The standard InChI is InChI=1S/C13H23NO3/c1-6-7-10(15)17-9-8-12(2,3)14-13(4,5)11(9)16/h9,14H,6-8H2,1-5H3. The summed E-state index contributed by atoms with van der Waals surface area (Å²) in [6, 6.07) is 0. The van der Waals surface area contributed by atoms with Gasteiger partial charge in [-0.3, -0.25) is 9.59 Å². The number of ketones is 1. The summed E-state index contributed by atoms with van der Waals surface area (Å²) in [7, 11) is 0. The van der Waals surface area contributed by atoms with Gasteiger partial charge in [-0.2, -0.15) is 0 Å². The van der Waals surface area contributed by atoms with Gasteiger partial charge < -0.3 is 10.1 Å². The molecule has 1 fully saturated rings. The van der Waals surface area contributed by atoms with Crippen LogP contribution in [-0.4, -0.2) is 28.9 Å². The number of nitrogens with one attached hydrogen (secondary N) is 1. The van der Waals surface area contributed by atoms with Crippen LogP contribution in [0, 0.1) is 0 Å². The Bertz CT molecular complexity index is 321. The second-order valence-electron chi connectivity index (χ2n) is 5.93. The minimum atomic E-state index is -0.640. The number of Topliss-reactive ketones (excluding diaryl/α,β-unsaturated/α-hetero) is 1. The van der Waals surface area contributed by atoms with Crippen molar-refractivity contribution in [2.45, 2.75) is 71.1 Å². The van der Waals surface area contributed by atoms with Gasteiger partial charge in [-0.05, 0) is 34.1 Å². The summed E-state index contributed by atoms with van der Waals surface area (Å²) in [6.07, 6.45) is 1.04. The summed E-state index contributed by atoms with van der Waals surface area (Å²) in [5.41, 5.74) is -0.840. The first-order valence-corrected chi connectivity index (χ1v) is 6.21. The molecule has 0 aromatic heterocycles. The Hall–Kier alpha value is -0.900. The van der Waals surface area contributed by atoms with Gasteiger partial charge in [-0.1, -0.05) is 6.92 Å². The van der Waals surface area contributed by atoms with Gasteiger partial charge in [0.2, 0.25) is 0 Å². The van der Waals surface area contributed by atoms with Gasteiger partial charge in [0.15, 0.2) is 11.9 Å². The van der Waals surface area contributed by atoms with Gasteiger partial charge in [-0.15, -0.1) is 0 Å². The van der Waals surface area contributed by atoms with Crippen molar-refractivity contribution < 1.29 is 14.3 Å². The Morgan fingerprint density at radius 3 is 2.53 bits per heavy atom. The predicted molar refractivity (Wildman–Crippen MR) is 65.7 cm³/mol. The summed E-state index contributed by atoms with van der Waals surface area (Å²) in [6.45, 7) is 9.61. The highest BCUT2D eigenvalue weighted by Crippen LogP contribution is 2.28. The van der Waals surface area contributed by atoms with E-state index < -0.39 is 11.6 Å². The third-order valence-electron chi connectivity index (χ3n) is 2.98. The van der Waals surface area contributed by atoms with Crippen molar-refractivity contribution in [2.75, 3.05) is 0 Å². The molecule has 0 aromatic carbocycles. The number of hydrogen-bond acceptors (Lipinski definition) is 4. The predicted octanol–water partition coefficient (Wildman–Crippen LogP) is 1.82. The van der Waals surface area contributed by atoms with Crippen LogP contribution in [0.4, 0.5) is 0 Å². The summed E-state index contributed by atoms with van der Waals surface area (Å²) < 4.78 is 5.29. The SMILES string of the molecule is CCCC(=O)OC1CC(C)(C)NC(C)(C)C1=O. The zero-order chi connectivity index (χ0) is 13.3. The van der Waals surface area contributed by atoms with E-state index in [4.69, 9.17) is 4.74 Å². The van der Waals surface area contributed by atoms with Crippen molar-refractivity contribution in [1.82, 2.24) is 5.32 Å². The highest BCUT2D eigenvalue weighted by Gasteiger charge is 2.46. The second kappa shape index (κ2) is 4.77. The van der Waals surface area contributed by atoms with Crippen molar-refractivity contribution in [2.24, 2.45) is 0 Å². The van der Waals surface area contributed by atoms with E-state index in [2.05, 4.69) is 5.32 Å². The minimum absolute atomic E-state index is 0.0405. The summed E-state index contributed by atoms with van der Waals surface area (Å²) in [5, 5.41) is 3.28. The topological polar surface area (TPSA) is 55.4 Å². The van der Waals surface area contributed by atoms with Crippen LogP contribution in [0.25, 0.3) is 0 Å². The molecule has 1 N–H and O–H groups in total. The van der Waals surface area contributed by atoms with Crippen LogP contribution < -0.4 is 5.32 Å². The number of carbonyl (C=O) groups excluding carboxylic acids is 2. The smallest absolute Gasteiger partial charge is 0.306 e. The number of rotatable bonds is 3. The Labute approximate surface area is 103 Å². The van der Waals surface area contributed by atoms with Gasteiger partial charge in [0, 0.05) is 18.4 Å². The molecule has 4 nitrogen and oxygen atoms in total. The maximum Gasteiger partial charge on any atom is 0.306 e. The van der Waals surface area contributed by atoms with Gasteiger partial charge in [-0.25, -0.2) is 0 Å². The van der Waals surface area contributed by atoms with E-state index in [1.54, 1.807) is 0 Å². The van der Waals surface area contributed by atoms with Crippen molar-refractivity contribution in [3.05, 3.63) is 0 Å². The van der Waals surface area contributed by atoms with E-state index in [1.807, 2.05) is 34.6 Å². The van der Waals surface area contributed by atoms with E-state index in [0.29, 0.717) is 12.8 Å². The first-order chi connectivity index (χ1) is 7.68. The van der Waals surface area contributed by atoms with Crippen LogP contribution >= 0.6 is 0 Å². The van der Waals surface area contributed by atoms with Crippen molar-refractivity contribution in [3.8, 4) is 0 Å². The molecule has 0 amide bonds. The highest BCUT2D eigenvalue weighted by molar-refractivity contribution is 5.94. The third-order valence-corrected chi connectivity index (χ3v) is 2.98. The maximum absolute atomic E-state index is 12.1. The molecule has 0 bridgehead atoms. The van der Waals surface area contributed by atoms with E-state index >= 15 is 0 Å². The molecule has 1 heterocycles. The van der Waals surface area contributed by atoms with Crippen LogP contribution in [0.1, 0.15) is 53.9 Å². The highest BCUT2D eigenvalue weighted by atomic mass is 16.5. The lowest BCUT2D eigenvalue weighted by atomic mass is 9.80. The van der Waals surface area contributed by atoms with E-state index in [-0.39, 0.29) is 17.3 Å². The van der Waals surface area contributed by atoms with E-state index in [1.165, 1.54) is 0 Å². The molecule has 0 radical (unpaired) electrons. The first-order valence-electron chi connectivity index (χ1n) is 6.21. The number of carbonyl (C=O) groups is 2. The molecule has 0 aromatic rings. The first kappa shape index (κ1) is 14.2. The van der Waals surface area contributed by atoms with Crippen LogP contribution in [0.15, 0.2) is 0 Å². The Morgan fingerprint density at radius 1 is 1.41 bits per heavy atom. The molecule has 1 aliphatic heterocycles. The zero-order valence-corrected chi connectivity index (χ0v) is 11.4. The van der Waals surface area contributed by atoms with Crippen LogP contribution in [0.3, 0.4) is 0 Å². The molecule has 4 heteroatoms. The van der Waals surface area contributed by atoms with Gasteiger partial charge in [0.1, 0.15) is 0 Å². The van der Waals surface area contributed by atoms with Gasteiger partial charge in [0.25, 0.3) is 0 Å². The third kappa shape index (κ3) is 3.53. The largest absolute Gasteiger partial charge is 0.454 e. The van der Waals surface area contributed by atoms with Gasteiger partial charge in [0.05, 0.1) is 5.54 Å². The monoisotopic (exact) mass is 241 g/mol. The molecule has 1 atom stereocenters. The minimum Gasteiger partial charge on any atom is -0.454 e. The Balaban J connectivity index is 2.77. The lowest BCUT2D eigenvalue weighted by Gasteiger charge is -2.44. The Morgan fingerprint density at radius 2 is 2.00 bits per heavy atom. The van der Waals surface area contributed by atoms with Crippen LogP contribution in [0.2, 0.25) is 0 Å². The van der Waals surface area contributed by atoms with Crippen molar-refractivity contribution in [3.63, 3.8) is 0 Å². The van der Waals surface area contributed by atoms with Crippen LogP contribution in [-0.2, 0) is 14.3 Å². The summed E-state index contributed by atoms with van der Waals surface area (Å²) in [4.78, 5) is 23.6. The normalized spacial score (nSPS) is 26.6. The number of esters is 1. The fourth-order valence-electron chi connectivity index (χ4n) is 2.43. The zero-order valence-electron chi connectivity index (χ0n) is 11.4. The fourth-order valence-corrected chi connectivity index (χ4v) is 2.43. The quantitative estimate of drug-likeness (QED) is 0.766. The molecular weight excluding hydrogens is 218 g/mol. The lowest BCUT2D eigenvalue weighted by Crippen LogP contribution is -2.65. The molecule has 1 unspecified atom stereocenters. The molecule has 0 saturated carbocycles. The average Bonchev–Trinajstić information content (AvgIpc) is 2.11. The molecule has 1 saturated heterocycles. The molecule has 0 aliphatic carbocycles. The number of ether oxygens (including phenoxy) is 1. The molecule has 1 rings (SSSR count). The van der Waals surface area contributed by atoms with E-state index in [9.17, 15) is 9.59 Å². The Kier molecular flexibility index (Phi) is 3.97. The maximum atomic E-state index is 12.1. The number of piperidine rings is 1. The fraction of sp³-hybridized carbons (Fsp3) is 0.846. The molecule has 1 aliphatic rings. The molecule has 0 spiro atoms. The van der Waals surface area contributed by atoms with E-state index in [0.717, 1.165) is 6.42 Å².